The smallest absolute Gasteiger partial charge is 0.258 e. The minimum Gasteiger partial charge on any atom is -0.332 e. The molecule has 0 fully saturated rings. The molecule has 2 rings (SSSR count). The molecule has 0 radical (unpaired) electrons. The number of hydrogen-bond donors (Lipinski definition) is 4. The van der Waals surface area contributed by atoms with Crippen LogP contribution in [-0.2, 0) is 4.79 Å². The summed E-state index contributed by atoms with van der Waals surface area (Å²) in [6, 6.07) is 13.7. The van der Waals surface area contributed by atoms with Gasteiger partial charge in [-0.25, -0.2) is 0 Å². The Morgan fingerprint density at radius 3 is 1.85 bits per heavy atom. The summed E-state index contributed by atoms with van der Waals surface area (Å²) in [5.41, 5.74) is 1.70. The van der Waals surface area contributed by atoms with Gasteiger partial charge in [-0.05, 0) is 60.8 Å². The van der Waals surface area contributed by atoms with Crippen molar-refractivity contribution in [1.82, 2.24) is 10.6 Å². The van der Waals surface area contributed by atoms with Gasteiger partial charge in [0.15, 0.2) is 10.2 Å². The summed E-state index contributed by atoms with van der Waals surface area (Å²) < 4.78 is 0. The number of amides is 2. The van der Waals surface area contributed by atoms with Crippen LogP contribution in [0.15, 0.2) is 48.5 Å². The minimum absolute atomic E-state index is 0.143. The molecular weight excluding hydrogens is 392 g/mol. The summed E-state index contributed by atoms with van der Waals surface area (Å²) in [5, 5.41) is 11.5. The predicted molar refractivity (Wildman–Crippen MR) is 112 cm³/mol. The van der Waals surface area contributed by atoms with E-state index in [0.29, 0.717) is 22.0 Å². The molecule has 2 amide bonds. The van der Waals surface area contributed by atoms with Crippen LogP contribution in [-0.4, -0.2) is 22.0 Å². The van der Waals surface area contributed by atoms with Crippen LogP contribution >= 0.6 is 36.0 Å². The Hall–Kier alpha value is -2.55. The minimum atomic E-state index is -0.396. The number of benzene rings is 2. The first-order chi connectivity index (χ1) is 12.3. The monoisotopic (exact) mass is 406 g/mol. The second kappa shape index (κ2) is 9.23. The van der Waals surface area contributed by atoms with Crippen molar-refractivity contribution in [3.05, 3.63) is 59.1 Å². The van der Waals surface area contributed by atoms with E-state index in [9.17, 15) is 9.59 Å². The van der Waals surface area contributed by atoms with Gasteiger partial charge in [-0.3, -0.25) is 14.9 Å². The zero-order chi connectivity index (χ0) is 19.1. The van der Waals surface area contributed by atoms with Gasteiger partial charge in [0.1, 0.15) is 0 Å². The van der Waals surface area contributed by atoms with E-state index in [-0.39, 0.29) is 16.1 Å². The summed E-state index contributed by atoms with van der Waals surface area (Å²) in [6.07, 6.45) is 0. The molecule has 9 heteroatoms. The topological polar surface area (TPSA) is 82.3 Å². The molecule has 0 heterocycles. The molecule has 0 saturated carbocycles. The molecule has 0 aliphatic rings. The first-order valence-corrected chi connectivity index (χ1v) is 8.60. The number of hydrogen-bond acceptors (Lipinski definition) is 4. The molecule has 0 unspecified atom stereocenters. The lowest BCUT2D eigenvalue weighted by Crippen LogP contribution is -2.34. The van der Waals surface area contributed by atoms with Gasteiger partial charge in [-0.15, -0.1) is 0 Å². The fourth-order valence-electron chi connectivity index (χ4n) is 1.94. The standard InChI is InChI=1S/C17H15ClN4O2S2/c1-10(23)19-16(25)20-11-6-8-12(9-7-11)21-17(26)22-15(24)13-4-2-3-5-14(13)18/h2-9H,1H3,(H2,19,20,23,25)(H2,21,22,24,26). The predicted octanol–water partition coefficient (Wildman–Crippen LogP) is 3.30. The Labute approximate surface area is 166 Å². The van der Waals surface area contributed by atoms with E-state index in [1.165, 1.54) is 6.92 Å². The maximum atomic E-state index is 12.1. The van der Waals surface area contributed by atoms with Crippen LogP contribution in [0.1, 0.15) is 17.3 Å². The number of carbonyl (C=O) groups is 2. The summed E-state index contributed by atoms with van der Waals surface area (Å²) >= 11 is 16.1. The highest BCUT2D eigenvalue weighted by Gasteiger charge is 2.11. The van der Waals surface area contributed by atoms with Gasteiger partial charge in [0.25, 0.3) is 5.91 Å². The molecule has 2 aromatic carbocycles. The quantitative estimate of drug-likeness (QED) is 0.585. The molecule has 0 bridgehead atoms. The van der Waals surface area contributed by atoms with E-state index in [0.717, 1.165) is 0 Å². The van der Waals surface area contributed by atoms with Gasteiger partial charge in [0, 0.05) is 18.3 Å². The van der Waals surface area contributed by atoms with Crippen LogP contribution in [0.4, 0.5) is 11.4 Å². The summed E-state index contributed by atoms with van der Waals surface area (Å²) in [5.74, 6) is -0.646. The number of carbonyl (C=O) groups excluding carboxylic acids is 2. The zero-order valence-electron chi connectivity index (χ0n) is 13.6. The van der Waals surface area contributed by atoms with Gasteiger partial charge in [-0.1, -0.05) is 23.7 Å². The van der Waals surface area contributed by atoms with Crippen molar-refractivity contribution >= 4 is 69.5 Å². The van der Waals surface area contributed by atoms with E-state index in [2.05, 4.69) is 21.3 Å². The van der Waals surface area contributed by atoms with Gasteiger partial charge < -0.3 is 16.0 Å². The lowest BCUT2D eigenvalue weighted by molar-refractivity contribution is -0.117. The molecule has 134 valence electrons. The summed E-state index contributed by atoms with van der Waals surface area (Å²) in [6.45, 7) is 1.37. The first-order valence-electron chi connectivity index (χ1n) is 7.40. The van der Waals surface area contributed by atoms with Gasteiger partial charge in [-0.2, -0.15) is 0 Å². The fourth-order valence-corrected chi connectivity index (χ4v) is 2.63. The fraction of sp³-hybridized carbons (Fsp3) is 0.0588. The highest BCUT2D eigenvalue weighted by molar-refractivity contribution is 7.80. The number of halogens is 1. The Morgan fingerprint density at radius 2 is 1.35 bits per heavy atom. The van der Waals surface area contributed by atoms with E-state index in [1.54, 1.807) is 48.5 Å². The highest BCUT2D eigenvalue weighted by Crippen LogP contribution is 2.15. The van der Waals surface area contributed by atoms with Crippen molar-refractivity contribution in [1.29, 1.82) is 0 Å². The molecular formula is C17H15ClN4O2S2. The van der Waals surface area contributed by atoms with E-state index < -0.39 is 5.91 Å². The third-order valence-corrected chi connectivity index (χ3v) is 3.77. The van der Waals surface area contributed by atoms with E-state index >= 15 is 0 Å². The van der Waals surface area contributed by atoms with Crippen molar-refractivity contribution in [3.63, 3.8) is 0 Å². The lowest BCUT2D eigenvalue weighted by atomic mass is 10.2. The average Bonchev–Trinajstić information content (AvgIpc) is 2.56. The molecule has 0 aliphatic carbocycles. The summed E-state index contributed by atoms with van der Waals surface area (Å²) in [7, 11) is 0. The van der Waals surface area contributed by atoms with E-state index in [4.69, 9.17) is 36.0 Å². The Balaban J connectivity index is 1.91. The van der Waals surface area contributed by atoms with Crippen LogP contribution in [0, 0.1) is 0 Å². The molecule has 0 spiro atoms. The van der Waals surface area contributed by atoms with Crippen molar-refractivity contribution in [2.75, 3.05) is 10.6 Å². The van der Waals surface area contributed by atoms with Gasteiger partial charge >= 0.3 is 0 Å². The molecule has 0 aromatic heterocycles. The van der Waals surface area contributed by atoms with Crippen LogP contribution in [0.3, 0.4) is 0 Å². The largest absolute Gasteiger partial charge is 0.332 e. The molecule has 6 nitrogen and oxygen atoms in total. The third kappa shape index (κ3) is 6.07. The number of thiocarbonyl (C=S) groups is 2. The normalized spacial score (nSPS) is 9.77. The molecule has 4 N–H and O–H groups in total. The van der Waals surface area contributed by atoms with Crippen LogP contribution in [0.2, 0.25) is 5.02 Å². The van der Waals surface area contributed by atoms with Gasteiger partial charge in [0.2, 0.25) is 5.91 Å². The van der Waals surface area contributed by atoms with Crippen LogP contribution in [0.5, 0.6) is 0 Å². The van der Waals surface area contributed by atoms with Crippen molar-refractivity contribution in [2.45, 2.75) is 6.92 Å². The zero-order valence-corrected chi connectivity index (χ0v) is 16.0. The molecule has 0 aliphatic heterocycles. The van der Waals surface area contributed by atoms with E-state index in [1.807, 2.05) is 0 Å². The van der Waals surface area contributed by atoms with Crippen molar-refractivity contribution in [2.24, 2.45) is 0 Å². The van der Waals surface area contributed by atoms with Gasteiger partial charge in [0.05, 0.1) is 10.6 Å². The molecule has 2 aromatic rings. The number of rotatable bonds is 3. The Bertz CT molecular complexity index is 856. The maximum absolute atomic E-state index is 12.1. The Morgan fingerprint density at radius 1 is 0.846 bits per heavy atom. The molecule has 0 saturated heterocycles. The third-order valence-electron chi connectivity index (χ3n) is 3.04. The van der Waals surface area contributed by atoms with Crippen molar-refractivity contribution < 1.29 is 9.59 Å². The Kier molecular flexibility index (Phi) is 7.02. The maximum Gasteiger partial charge on any atom is 0.258 e. The second-order valence-corrected chi connectivity index (χ2v) is 6.32. The second-order valence-electron chi connectivity index (χ2n) is 5.10. The summed E-state index contributed by atoms with van der Waals surface area (Å²) in [4.78, 5) is 23.1. The van der Waals surface area contributed by atoms with Crippen LogP contribution < -0.4 is 21.3 Å². The average molecular weight is 407 g/mol. The van der Waals surface area contributed by atoms with Crippen LogP contribution in [0.25, 0.3) is 0 Å². The number of anilines is 2. The SMILES string of the molecule is CC(=O)NC(=S)Nc1ccc(NC(=S)NC(=O)c2ccccc2Cl)cc1. The molecule has 0 atom stereocenters. The lowest BCUT2D eigenvalue weighted by Gasteiger charge is -2.12. The number of nitrogens with one attached hydrogen (secondary N) is 4. The first kappa shape index (κ1) is 19.8. The highest BCUT2D eigenvalue weighted by atomic mass is 35.5. The van der Waals surface area contributed by atoms with Crippen molar-refractivity contribution in [3.8, 4) is 0 Å². The molecule has 26 heavy (non-hydrogen) atoms.